The van der Waals surface area contributed by atoms with Crippen molar-refractivity contribution in [2.24, 2.45) is 0 Å². The van der Waals surface area contributed by atoms with Gasteiger partial charge in [-0.3, -0.25) is 4.57 Å². The molecule has 20 heavy (non-hydrogen) atoms. The van der Waals surface area contributed by atoms with E-state index in [0.717, 1.165) is 16.5 Å². The topological polar surface area (TPSA) is 36.9 Å². The summed E-state index contributed by atoms with van der Waals surface area (Å²) in [4.78, 5) is 2.14. The third kappa shape index (κ3) is 2.47. The number of benzene rings is 1. The van der Waals surface area contributed by atoms with Gasteiger partial charge in [-0.25, -0.2) is 5.10 Å². The van der Waals surface area contributed by atoms with E-state index in [0.29, 0.717) is 10.8 Å². The number of rotatable bonds is 4. The molecule has 4 nitrogen and oxygen atoms in total. The Labute approximate surface area is 128 Å². The molecule has 0 amide bonds. The highest BCUT2D eigenvalue weighted by atomic mass is 35.5. The number of aromatic amines is 1. The first-order valence-electron chi connectivity index (χ1n) is 6.73. The lowest BCUT2D eigenvalue weighted by molar-refractivity contribution is 0.654. The zero-order chi connectivity index (χ0) is 14.3. The van der Waals surface area contributed by atoms with Crippen LogP contribution in [0.1, 0.15) is 37.4 Å². The smallest absolute Gasteiger partial charge is 0.226 e. The molecule has 1 aromatic carbocycles. The fraction of sp³-hybridized carbons (Fsp3) is 0.429. The minimum Gasteiger partial charge on any atom is -0.337 e. The Bertz CT molecular complexity index is 674. The number of nitrogens with one attached hydrogen (secondary N) is 1. The van der Waals surface area contributed by atoms with Crippen molar-refractivity contribution in [2.75, 3.05) is 11.9 Å². The Morgan fingerprint density at radius 3 is 2.90 bits per heavy atom. The maximum Gasteiger partial charge on any atom is 0.226 e. The number of nitrogens with zero attached hydrogens (tertiary/aromatic N) is 3. The van der Waals surface area contributed by atoms with E-state index in [1.165, 1.54) is 12.8 Å². The van der Waals surface area contributed by atoms with Crippen molar-refractivity contribution in [3.8, 4) is 0 Å². The zero-order valence-corrected chi connectivity index (χ0v) is 13.1. The molecule has 1 aromatic heterocycles. The zero-order valence-electron chi connectivity index (χ0n) is 11.5. The van der Waals surface area contributed by atoms with E-state index in [9.17, 15) is 0 Å². The summed E-state index contributed by atoms with van der Waals surface area (Å²) in [7, 11) is 2.04. The van der Waals surface area contributed by atoms with Gasteiger partial charge >= 0.3 is 0 Å². The van der Waals surface area contributed by atoms with E-state index in [1.807, 2.05) is 25.2 Å². The van der Waals surface area contributed by atoms with Gasteiger partial charge in [0.2, 0.25) is 5.95 Å². The lowest BCUT2D eigenvalue weighted by atomic mass is 10.1. The van der Waals surface area contributed by atoms with E-state index in [4.69, 9.17) is 23.8 Å². The van der Waals surface area contributed by atoms with Crippen molar-refractivity contribution in [1.82, 2.24) is 14.8 Å². The highest BCUT2D eigenvalue weighted by Gasteiger charge is 2.29. The molecule has 1 N–H and O–H groups in total. The van der Waals surface area contributed by atoms with Crippen LogP contribution in [0.2, 0.25) is 5.02 Å². The molecule has 1 aliphatic carbocycles. The van der Waals surface area contributed by atoms with E-state index < -0.39 is 0 Å². The fourth-order valence-corrected chi connectivity index (χ4v) is 2.85. The van der Waals surface area contributed by atoms with Crippen LogP contribution in [-0.2, 0) is 0 Å². The molecule has 0 radical (unpaired) electrons. The number of H-pyrrole nitrogens is 1. The molecule has 1 fully saturated rings. The summed E-state index contributed by atoms with van der Waals surface area (Å²) in [6, 6.07) is 8.61. The molecule has 1 unspecified atom stereocenters. The second-order valence-corrected chi connectivity index (χ2v) is 6.09. The SMILES string of the molecule is CC(c1cccc(Cl)c1)N(C)c1n[nH]c(=S)n1C1CC1. The monoisotopic (exact) mass is 308 g/mol. The van der Waals surface area contributed by atoms with E-state index in [1.54, 1.807) is 0 Å². The molecule has 0 spiro atoms. The summed E-state index contributed by atoms with van der Waals surface area (Å²) in [6.07, 6.45) is 2.36. The van der Waals surface area contributed by atoms with Gasteiger partial charge in [0.25, 0.3) is 0 Å². The maximum atomic E-state index is 6.07. The Hall–Kier alpha value is -1.33. The number of anilines is 1. The van der Waals surface area contributed by atoms with Crippen molar-refractivity contribution in [1.29, 1.82) is 0 Å². The quantitative estimate of drug-likeness (QED) is 0.863. The second kappa shape index (κ2) is 5.22. The summed E-state index contributed by atoms with van der Waals surface area (Å²) < 4.78 is 2.82. The molecular weight excluding hydrogens is 292 g/mol. The molecule has 2 aromatic rings. The first-order chi connectivity index (χ1) is 9.58. The molecular formula is C14H17ClN4S. The second-order valence-electron chi connectivity index (χ2n) is 5.27. The van der Waals surface area contributed by atoms with Gasteiger partial charge in [-0.1, -0.05) is 23.7 Å². The van der Waals surface area contributed by atoms with Crippen LogP contribution in [0.25, 0.3) is 0 Å². The van der Waals surface area contributed by atoms with Crippen molar-refractivity contribution in [3.63, 3.8) is 0 Å². The van der Waals surface area contributed by atoms with Crippen molar-refractivity contribution in [2.45, 2.75) is 31.8 Å². The van der Waals surface area contributed by atoms with Crippen molar-refractivity contribution in [3.05, 3.63) is 39.6 Å². The van der Waals surface area contributed by atoms with Gasteiger partial charge in [-0.2, -0.15) is 0 Å². The Morgan fingerprint density at radius 2 is 2.25 bits per heavy atom. The first kappa shape index (κ1) is 13.6. The van der Waals surface area contributed by atoms with Crippen LogP contribution in [0.15, 0.2) is 24.3 Å². The van der Waals surface area contributed by atoms with Crippen LogP contribution < -0.4 is 4.90 Å². The van der Waals surface area contributed by atoms with Crippen LogP contribution in [0, 0.1) is 4.77 Å². The number of aromatic nitrogens is 3. The maximum absolute atomic E-state index is 6.07. The Morgan fingerprint density at radius 1 is 1.50 bits per heavy atom. The molecule has 0 saturated heterocycles. The largest absolute Gasteiger partial charge is 0.337 e. The van der Waals surface area contributed by atoms with Gasteiger partial charge in [-0.15, -0.1) is 5.10 Å². The number of hydrogen-bond donors (Lipinski definition) is 1. The predicted octanol–water partition coefficient (Wildman–Crippen LogP) is 4.13. The molecule has 1 atom stereocenters. The third-order valence-electron chi connectivity index (χ3n) is 3.83. The average molecular weight is 309 g/mol. The van der Waals surface area contributed by atoms with Gasteiger partial charge < -0.3 is 4.90 Å². The average Bonchev–Trinajstić information content (AvgIpc) is 3.20. The van der Waals surface area contributed by atoms with E-state index in [2.05, 4.69) is 32.7 Å². The number of halogens is 1. The highest BCUT2D eigenvalue weighted by molar-refractivity contribution is 7.71. The molecule has 0 aliphatic heterocycles. The van der Waals surface area contributed by atoms with Crippen molar-refractivity contribution < 1.29 is 0 Å². The summed E-state index contributed by atoms with van der Waals surface area (Å²) in [5.41, 5.74) is 1.16. The molecule has 6 heteroatoms. The van der Waals surface area contributed by atoms with Gasteiger partial charge in [-0.05, 0) is 49.7 Å². The minimum absolute atomic E-state index is 0.177. The molecule has 1 heterocycles. The summed E-state index contributed by atoms with van der Waals surface area (Å²) >= 11 is 11.4. The van der Waals surface area contributed by atoms with E-state index >= 15 is 0 Å². The van der Waals surface area contributed by atoms with Crippen LogP contribution in [-0.4, -0.2) is 21.8 Å². The lowest BCUT2D eigenvalue weighted by Crippen LogP contribution is -2.25. The molecule has 0 bridgehead atoms. The van der Waals surface area contributed by atoms with Gasteiger partial charge in [0.15, 0.2) is 4.77 Å². The van der Waals surface area contributed by atoms with E-state index in [-0.39, 0.29) is 6.04 Å². The lowest BCUT2D eigenvalue weighted by Gasteiger charge is -2.26. The standard InChI is InChI=1S/C14H17ClN4S/c1-9(10-4-3-5-11(15)8-10)18(2)13-16-17-14(20)19(13)12-6-7-12/h3-5,8-9,12H,6-7H2,1-2H3,(H,17,20). The number of hydrogen-bond acceptors (Lipinski definition) is 3. The molecule has 3 rings (SSSR count). The minimum atomic E-state index is 0.177. The van der Waals surface area contributed by atoms with Gasteiger partial charge in [0.05, 0.1) is 6.04 Å². The normalized spacial score (nSPS) is 16.1. The highest BCUT2D eigenvalue weighted by Crippen LogP contribution is 2.38. The van der Waals surface area contributed by atoms with Crippen LogP contribution in [0.3, 0.4) is 0 Å². The summed E-state index contributed by atoms with van der Waals surface area (Å²) in [5.74, 6) is 0.893. The fourth-order valence-electron chi connectivity index (χ4n) is 2.37. The summed E-state index contributed by atoms with van der Waals surface area (Å²) in [6.45, 7) is 2.14. The molecule has 106 valence electrons. The molecule has 1 saturated carbocycles. The van der Waals surface area contributed by atoms with Gasteiger partial charge in [0.1, 0.15) is 0 Å². The van der Waals surface area contributed by atoms with Crippen LogP contribution in [0.4, 0.5) is 5.95 Å². The first-order valence-corrected chi connectivity index (χ1v) is 7.51. The third-order valence-corrected chi connectivity index (χ3v) is 4.35. The Balaban J connectivity index is 1.92. The van der Waals surface area contributed by atoms with Crippen LogP contribution in [0.5, 0.6) is 0 Å². The van der Waals surface area contributed by atoms with Crippen molar-refractivity contribution >= 4 is 29.8 Å². The summed E-state index contributed by atoms with van der Waals surface area (Å²) in [5, 5.41) is 8.04. The molecule has 1 aliphatic rings. The van der Waals surface area contributed by atoms with Crippen LogP contribution >= 0.6 is 23.8 Å². The Kier molecular flexibility index (Phi) is 3.56. The van der Waals surface area contributed by atoms with Gasteiger partial charge in [0, 0.05) is 18.1 Å². The predicted molar refractivity (Wildman–Crippen MR) is 84.0 cm³/mol.